The number of ether oxygens (including phenoxy) is 1. The van der Waals surface area contributed by atoms with E-state index in [0.717, 1.165) is 4.47 Å². The smallest absolute Gasteiger partial charge is 0.412 e. The first-order chi connectivity index (χ1) is 9.31. The number of carbonyl (C=O) groups is 1. The first-order valence-electron chi connectivity index (χ1n) is 5.67. The molecule has 0 heterocycles. The van der Waals surface area contributed by atoms with Gasteiger partial charge >= 0.3 is 6.09 Å². The molecule has 6 nitrogen and oxygen atoms in total. The predicted octanol–water partition coefficient (Wildman–Crippen LogP) is 1.99. The zero-order valence-corrected chi connectivity index (χ0v) is 13.3. The van der Waals surface area contributed by atoms with E-state index in [2.05, 4.69) is 37.3 Å². The Labute approximate surface area is 126 Å². The number of carbonyl (C=O) groups excluding carboxylic acids is 1. The lowest BCUT2D eigenvalue weighted by molar-refractivity contribution is 0.177. The number of allylic oxidation sites excluding steroid dienone is 1. The molecule has 1 amide bonds. The van der Waals surface area contributed by atoms with Gasteiger partial charge in [-0.05, 0) is 31.2 Å². The van der Waals surface area contributed by atoms with Crippen LogP contribution in [0.15, 0.2) is 46.0 Å². The van der Waals surface area contributed by atoms with Crippen molar-refractivity contribution >= 4 is 32.0 Å². The molecule has 0 saturated heterocycles. The van der Waals surface area contributed by atoms with Crippen LogP contribution in [-0.2, 0) is 14.8 Å². The Morgan fingerprint density at radius 3 is 2.45 bits per heavy atom. The predicted molar refractivity (Wildman–Crippen MR) is 78.6 cm³/mol. The molecule has 0 fully saturated rings. The first-order valence-corrected chi connectivity index (χ1v) is 7.95. The van der Waals surface area contributed by atoms with E-state index in [4.69, 9.17) is 0 Å². The molecular formula is C12H15BrN2O4S. The van der Waals surface area contributed by atoms with Gasteiger partial charge in [-0.2, -0.15) is 0 Å². The second kappa shape index (κ2) is 7.41. The van der Waals surface area contributed by atoms with Crippen LogP contribution in [0.2, 0.25) is 0 Å². The maximum atomic E-state index is 11.9. The number of hydrogen-bond donors (Lipinski definition) is 2. The van der Waals surface area contributed by atoms with Crippen molar-refractivity contribution in [2.24, 2.45) is 0 Å². The third-order valence-electron chi connectivity index (χ3n) is 2.08. The van der Waals surface area contributed by atoms with E-state index in [1.165, 1.54) is 19.1 Å². The molecule has 8 heteroatoms. The maximum absolute atomic E-state index is 11.9. The zero-order valence-electron chi connectivity index (χ0n) is 10.8. The van der Waals surface area contributed by atoms with E-state index in [1.54, 1.807) is 12.1 Å². The molecule has 0 radical (unpaired) electrons. The average molecular weight is 363 g/mol. The number of amides is 1. The van der Waals surface area contributed by atoms with Gasteiger partial charge < -0.3 is 10.1 Å². The van der Waals surface area contributed by atoms with Gasteiger partial charge in [0.05, 0.1) is 10.7 Å². The maximum Gasteiger partial charge on any atom is 0.412 e. The van der Waals surface area contributed by atoms with Crippen LogP contribution in [-0.4, -0.2) is 27.6 Å². The Kier molecular flexibility index (Phi) is 6.18. The van der Waals surface area contributed by atoms with Crippen LogP contribution in [0.1, 0.15) is 6.92 Å². The number of hydrogen-bond acceptors (Lipinski definition) is 4. The molecule has 0 spiro atoms. The van der Waals surface area contributed by atoms with Crippen molar-refractivity contribution in [3.8, 4) is 0 Å². The highest BCUT2D eigenvalue weighted by Crippen LogP contribution is 2.14. The molecule has 0 saturated carbocycles. The molecule has 0 bridgehead atoms. The Morgan fingerprint density at radius 1 is 1.30 bits per heavy atom. The van der Waals surface area contributed by atoms with E-state index in [1.807, 2.05) is 0 Å². The molecule has 1 rings (SSSR count). The van der Waals surface area contributed by atoms with Gasteiger partial charge in [-0.25, -0.2) is 17.9 Å². The van der Waals surface area contributed by atoms with Gasteiger partial charge in [0.25, 0.3) is 0 Å². The van der Waals surface area contributed by atoms with E-state index >= 15 is 0 Å². The van der Waals surface area contributed by atoms with Crippen molar-refractivity contribution < 1.29 is 17.9 Å². The summed E-state index contributed by atoms with van der Waals surface area (Å²) >= 11 is 3.23. The van der Waals surface area contributed by atoms with Crippen LogP contribution < -0.4 is 10.0 Å². The molecule has 0 aromatic heterocycles. The van der Waals surface area contributed by atoms with Crippen molar-refractivity contribution in [2.45, 2.75) is 11.8 Å². The molecule has 110 valence electrons. The van der Waals surface area contributed by atoms with Crippen LogP contribution >= 0.6 is 15.9 Å². The molecule has 0 aliphatic rings. The minimum atomic E-state index is -3.58. The first kappa shape index (κ1) is 16.7. The third kappa shape index (κ3) is 5.72. The Hall–Kier alpha value is -1.38. The SMILES string of the molecule is C=C(C)OC(=O)NCCNS(=O)(=O)c1ccc(Br)cc1. The summed E-state index contributed by atoms with van der Waals surface area (Å²) in [4.78, 5) is 11.3. The quantitative estimate of drug-likeness (QED) is 0.598. The summed E-state index contributed by atoms with van der Waals surface area (Å²) in [7, 11) is -3.58. The Morgan fingerprint density at radius 2 is 1.90 bits per heavy atom. The van der Waals surface area contributed by atoms with Crippen molar-refractivity contribution in [1.29, 1.82) is 0 Å². The van der Waals surface area contributed by atoms with Gasteiger partial charge in [0.1, 0.15) is 0 Å². The molecule has 0 atom stereocenters. The zero-order chi connectivity index (χ0) is 15.2. The molecule has 0 unspecified atom stereocenters. The van der Waals surface area contributed by atoms with E-state index in [0.29, 0.717) is 0 Å². The summed E-state index contributed by atoms with van der Waals surface area (Å²) in [6, 6.07) is 6.23. The van der Waals surface area contributed by atoms with Gasteiger partial charge in [0, 0.05) is 17.6 Å². The van der Waals surface area contributed by atoms with Crippen molar-refractivity contribution in [1.82, 2.24) is 10.0 Å². The largest absolute Gasteiger partial charge is 0.416 e. The summed E-state index contributed by atoms with van der Waals surface area (Å²) in [5.41, 5.74) is 0. The Bertz CT molecular complexity index is 584. The van der Waals surface area contributed by atoms with Crippen LogP contribution in [0.25, 0.3) is 0 Å². The molecular weight excluding hydrogens is 348 g/mol. The van der Waals surface area contributed by atoms with E-state index in [-0.39, 0.29) is 23.7 Å². The van der Waals surface area contributed by atoms with Crippen molar-refractivity contribution in [3.63, 3.8) is 0 Å². The summed E-state index contributed by atoms with van der Waals surface area (Å²) in [6.07, 6.45) is -0.666. The van der Waals surface area contributed by atoms with Crippen LogP contribution in [0, 0.1) is 0 Å². The molecule has 0 aliphatic carbocycles. The van der Waals surface area contributed by atoms with Gasteiger partial charge in [0.2, 0.25) is 10.0 Å². The monoisotopic (exact) mass is 362 g/mol. The highest BCUT2D eigenvalue weighted by Gasteiger charge is 2.13. The molecule has 20 heavy (non-hydrogen) atoms. The fraction of sp³-hybridized carbons (Fsp3) is 0.250. The normalized spacial score (nSPS) is 10.9. The van der Waals surface area contributed by atoms with Gasteiger partial charge in [-0.15, -0.1) is 0 Å². The fourth-order valence-electron chi connectivity index (χ4n) is 1.24. The van der Waals surface area contributed by atoms with E-state index < -0.39 is 16.1 Å². The minimum absolute atomic E-state index is 0.0592. The molecule has 2 N–H and O–H groups in total. The lowest BCUT2D eigenvalue weighted by Crippen LogP contribution is -2.34. The topological polar surface area (TPSA) is 84.5 Å². The lowest BCUT2D eigenvalue weighted by atomic mass is 10.4. The van der Waals surface area contributed by atoms with Crippen molar-refractivity contribution in [3.05, 3.63) is 41.1 Å². The fourth-order valence-corrected chi connectivity index (χ4v) is 2.54. The lowest BCUT2D eigenvalue weighted by Gasteiger charge is -2.08. The average Bonchev–Trinajstić information content (AvgIpc) is 2.34. The minimum Gasteiger partial charge on any atom is -0.416 e. The Balaban J connectivity index is 2.43. The number of benzene rings is 1. The van der Waals surface area contributed by atoms with Crippen LogP contribution in [0.3, 0.4) is 0 Å². The summed E-state index contributed by atoms with van der Waals surface area (Å²) in [6.45, 7) is 5.12. The van der Waals surface area contributed by atoms with E-state index in [9.17, 15) is 13.2 Å². The second-order valence-corrected chi connectivity index (χ2v) is 6.55. The molecule has 1 aromatic carbocycles. The number of nitrogens with one attached hydrogen (secondary N) is 2. The highest BCUT2D eigenvalue weighted by molar-refractivity contribution is 9.10. The standard InChI is InChI=1S/C12H15BrN2O4S/c1-9(2)19-12(16)14-7-8-15-20(17,18)11-5-3-10(13)4-6-11/h3-6,15H,1,7-8H2,2H3,(H,14,16). The summed E-state index contributed by atoms with van der Waals surface area (Å²) in [5.74, 6) is 0.262. The van der Waals surface area contributed by atoms with Gasteiger partial charge in [-0.3, -0.25) is 0 Å². The second-order valence-electron chi connectivity index (χ2n) is 3.87. The van der Waals surface area contributed by atoms with Gasteiger partial charge in [0.15, 0.2) is 0 Å². The number of sulfonamides is 1. The number of halogens is 1. The summed E-state index contributed by atoms with van der Waals surface area (Å²) < 4.78 is 31.6. The molecule has 0 aliphatic heterocycles. The third-order valence-corrected chi connectivity index (χ3v) is 4.08. The summed E-state index contributed by atoms with van der Waals surface area (Å²) in [5, 5.41) is 2.39. The van der Waals surface area contributed by atoms with Crippen LogP contribution in [0.4, 0.5) is 4.79 Å². The van der Waals surface area contributed by atoms with Crippen molar-refractivity contribution in [2.75, 3.05) is 13.1 Å². The number of alkyl carbamates (subject to hydrolysis) is 1. The van der Waals surface area contributed by atoms with Crippen LogP contribution in [0.5, 0.6) is 0 Å². The highest BCUT2D eigenvalue weighted by atomic mass is 79.9. The number of rotatable bonds is 6. The molecule has 1 aromatic rings. The van der Waals surface area contributed by atoms with Gasteiger partial charge in [-0.1, -0.05) is 22.5 Å².